The predicted molar refractivity (Wildman–Crippen MR) is 103 cm³/mol. The minimum atomic E-state index is 0.258. The highest BCUT2D eigenvalue weighted by Crippen LogP contribution is 2.26. The molecule has 3 aromatic rings. The van der Waals surface area contributed by atoms with Crippen molar-refractivity contribution < 1.29 is 4.79 Å². The van der Waals surface area contributed by atoms with E-state index in [0.717, 1.165) is 44.5 Å². The molecule has 1 atom stereocenters. The molecule has 4 heterocycles. The molecule has 1 fully saturated rings. The second-order valence-electron chi connectivity index (χ2n) is 7.28. The molecule has 2 aromatic heterocycles. The van der Waals surface area contributed by atoms with Crippen LogP contribution in [0.25, 0.3) is 10.9 Å². The van der Waals surface area contributed by atoms with Gasteiger partial charge in [0.1, 0.15) is 0 Å². The molecule has 1 aromatic carbocycles. The van der Waals surface area contributed by atoms with Crippen LogP contribution < -0.4 is 0 Å². The molecular formula is C20H22N4OS. The molecule has 5 rings (SSSR count). The average Bonchev–Trinajstić information content (AvgIpc) is 3.39. The van der Waals surface area contributed by atoms with Crippen LogP contribution in [0.4, 0.5) is 0 Å². The lowest BCUT2D eigenvalue weighted by molar-refractivity contribution is -0.133. The summed E-state index contributed by atoms with van der Waals surface area (Å²) in [4.78, 5) is 18.5. The van der Waals surface area contributed by atoms with Gasteiger partial charge in [0.25, 0.3) is 0 Å². The van der Waals surface area contributed by atoms with E-state index >= 15 is 0 Å². The quantitative estimate of drug-likeness (QED) is 0.716. The van der Waals surface area contributed by atoms with Crippen LogP contribution in [0, 0.1) is 0 Å². The van der Waals surface area contributed by atoms with Crippen molar-refractivity contribution >= 4 is 28.1 Å². The number of fused-ring (bicyclic) bond motifs is 2. The number of nitrogens with zero attached hydrogens (tertiary/aromatic N) is 4. The van der Waals surface area contributed by atoms with Gasteiger partial charge in [-0.1, -0.05) is 18.2 Å². The molecule has 1 saturated heterocycles. The number of rotatable bonds is 3. The monoisotopic (exact) mass is 366 g/mol. The van der Waals surface area contributed by atoms with Crippen LogP contribution in [-0.2, 0) is 17.8 Å². The molecule has 1 unspecified atom stereocenters. The van der Waals surface area contributed by atoms with E-state index in [0.29, 0.717) is 12.6 Å². The van der Waals surface area contributed by atoms with Crippen LogP contribution in [0.5, 0.6) is 0 Å². The lowest BCUT2D eigenvalue weighted by atomic mass is 10.1. The third-order valence-electron chi connectivity index (χ3n) is 5.57. The molecule has 1 amide bonds. The maximum absolute atomic E-state index is 12.7. The summed E-state index contributed by atoms with van der Waals surface area (Å²) in [6.07, 6.45) is 4.19. The second kappa shape index (κ2) is 6.52. The molecule has 0 saturated carbocycles. The van der Waals surface area contributed by atoms with Crippen molar-refractivity contribution in [2.45, 2.75) is 25.4 Å². The van der Waals surface area contributed by atoms with Crippen molar-refractivity contribution in [3.05, 3.63) is 52.3 Å². The minimum absolute atomic E-state index is 0.258. The smallest absolute Gasteiger partial charge is 0.237 e. The molecule has 0 spiro atoms. The average molecular weight is 366 g/mol. The summed E-state index contributed by atoms with van der Waals surface area (Å²) in [6.45, 7) is 4.02. The Morgan fingerprint density at radius 1 is 1.23 bits per heavy atom. The van der Waals surface area contributed by atoms with E-state index in [4.69, 9.17) is 5.10 Å². The molecule has 26 heavy (non-hydrogen) atoms. The molecule has 0 bridgehead atoms. The third-order valence-corrected chi connectivity index (χ3v) is 6.60. The van der Waals surface area contributed by atoms with Crippen molar-refractivity contribution in [2.75, 3.05) is 26.2 Å². The molecular weight excluding hydrogens is 344 g/mol. The molecule has 0 N–H and O–H groups in total. The Balaban J connectivity index is 1.22. The first-order chi connectivity index (χ1) is 12.8. The van der Waals surface area contributed by atoms with Gasteiger partial charge in [-0.05, 0) is 35.9 Å². The molecule has 2 aliphatic rings. The van der Waals surface area contributed by atoms with Crippen molar-refractivity contribution in [1.82, 2.24) is 19.6 Å². The van der Waals surface area contributed by atoms with Crippen LogP contribution in [0.15, 0.2) is 41.9 Å². The third kappa shape index (κ3) is 2.93. The lowest BCUT2D eigenvalue weighted by Gasteiger charge is -2.28. The second-order valence-corrected chi connectivity index (χ2v) is 8.28. The summed E-state index contributed by atoms with van der Waals surface area (Å²) in [5.41, 5.74) is 2.37. The predicted octanol–water partition coefficient (Wildman–Crippen LogP) is 2.93. The van der Waals surface area contributed by atoms with Crippen molar-refractivity contribution in [1.29, 1.82) is 0 Å². The number of hydrogen-bond acceptors (Lipinski definition) is 4. The van der Waals surface area contributed by atoms with Crippen molar-refractivity contribution in [3.63, 3.8) is 0 Å². The largest absolute Gasteiger partial charge is 0.337 e. The van der Waals surface area contributed by atoms with E-state index in [1.165, 1.54) is 15.8 Å². The number of amides is 1. The molecule has 2 aliphatic heterocycles. The highest BCUT2D eigenvalue weighted by molar-refractivity contribution is 7.10. The number of likely N-dealkylation sites (tertiary alicyclic amines) is 1. The fraction of sp³-hybridized carbons (Fsp3) is 0.400. The molecule has 5 nitrogen and oxygen atoms in total. The van der Waals surface area contributed by atoms with Gasteiger partial charge in [0.15, 0.2) is 0 Å². The van der Waals surface area contributed by atoms with E-state index < -0.39 is 0 Å². The zero-order valence-corrected chi connectivity index (χ0v) is 15.5. The first kappa shape index (κ1) is 16.0. The van der Waals surface area contributed by atoms with Crippen LogP contribution in [-0.4, -0.2) is 51.7 Å². The SMILES string of the molecule is O=C(CN1CCC(n2cc3ccccc3n2)C1)N1CCc2sccc2C1. The number of hydrogen-bond donors (Lipinski definition) is 0. The van der Waals surface area contributed by atoms with E-state index in [1.807, 2.05) is 28.4 Å². The highest BCUT2D eigenvalue weighted by atomic mass is 32.1. The Morgan fingerprint density at radius 2 is 2.15 bits per heavy atom. The summed E-state index contributed by atoms with van der Waals surface area (Å²) in [7, 11) is 0. The Kier molecular flexibility index (Phi) is 4.02. The molecule has 0 aliphatic carbocycles. The fourth-order valence-electron chi connectivity index (χ4n) is 4.09. The maximum Gasteiger partial charge on any atom is 0.237 e. The van der Waals surface area contributed by atoms with Crippen LogP contribution in [0.1, 0.15) is 22.9 Å². The van der Waals surface area contributed by atoms with Gasteiger partial charge in [-0.3, -0.25) is 14.4 Å². The van der Waals surface area contributed by atoms with E-state index in [1.54, 1.807) is 0 Å². The number of carbonyl (C=O) groups excluding carboxylic acids is 1. The first-order valence-electron chi connectivity index (χ1n) is 9.25. The minimum Gasteiger partial charge on any atom is -0.337 e. The summed E-state index contributed by atoms with van der Waals surface area (Å²) >= 11 is 1.81. The Hall–Kier alpha value is -2.18. The number of carbonyl (C=O) groups is 1. The van der Waals surface area contributed by atoms with Gasteiger partial charge >= 0.3 is 0 Å². The zero-order chi connectivity index (χ0) is 17.5. The van der Waals surface area contributed by atoms with Gasteiger partial charge in [-0.15, -0.1) is 11.3 Å². The van der Waals surface area contributed by atoms with Gasteiger partial charge in [0.2, 0.25) is 5.91 Å². The van der Waals surface area contributed by atoms with Crippen LogP contribution >= 0.6 is 11.3 Å². The van der Waals surface area contributed by atoms with E-state index in [-0.39, 0.29) is 5.91 Å². The Bertz CT molecular complexity index is 913. The number of thiophene rings is 1. The highest BCUT2D eigenvalue weighted by Gasteiger charge is 2.28. The van der Waals surface area contributed by atoms with Crippen LogP contribution in [0.3, 0.4) is 0 Å². The van der Waals surface area contributed by atoms with Crippen LogP contribution in [0.2, 0.25) is 0 Å². The standard InChI is InChI=1S/C20H22N4OS/c25-20(23-9-6-19-16(11-23)7-10-26-19)14-22-8-5-17(13-22)24-12-15-3-1-2-4-18(15)21-24/h1-4,7,10,12,17H,5-6,8-9,11,13-14H2. The molecule has 0 radical (unpaired) electrons. The molecule has 6 heteroatoms. The summed E-state index contributed by atoms with van der Waals surface area (Å²) in [5, 5.41) is 8.03. The van der Waals surface area contributed by atoms with Gasteiger partial charge in [-0.25, -0.2) is 0 Å². The van der Waals surface area contributed by atoms with Crippen molar-refractivity contribution in [2.24, 2.45) is 0 Å². The lowest BCUT2D eigenvalue weighted by Crippen LogP contribution is -2.41. The van der Waals surface area contributed by atoms with Gasteiger partial charge in [-0.2, -0.15) is 5.10 Å². The molecule has 134 valence electrons. The van der Waals surface area contributed by atoms with E-state index in [2.05, 4.69) is 39.4 Å². The van der Waals surface area contributed by atoms with Crippen molar-refractivity contribution in [3.8, 4) is 0 Å². The summed E-state index contributed by atoms with van der Waals surface area (Å²) < 4.78 is 2.09. The topological polar surface area (TPSA) is 41.4 Å². The zero-order valence-electron chi connectivity index (χ0n) is 14.7. The first-order valence-corrected chi connectivity index (χ1v) is 10.1. The summed E-state index contributed by atoms with van der Waals surface area (Å²) in [6, 6.07) is 10.7. The number of benzene rings is 1. The maximum atomic E-state index is 12.7. The van der Waals surface area contributed by atoms with Gasteiger partial charge in [0, 0.05) is 42.6 Å². The Morgan fingerprint density at radius 3 is 3.08 bits per heavy atom. The van der Waals surface area contributed by atoms with Gasteiger partial charge in [0.05, 0.1) is 18.1 Å². The summed E-state index contributed by atoms with van der Waals surface area (Å²) in [5.74, 6) is 0.258. The fourth-order valence-corrected chi connectivity index (χ4v) is 4.98. The number of aromatic nitrogens is 2. The Labute approximate surface area is 156 Å². The normalized spacial score (nSPS) is 20.6. The van der Waals surface area contributed by atoms with Gasteiger partial charge < -0.3 is 4.90 Å². The van der Waals surface area contributed by atoms with E-state index in [9.17, 15) is 4.79 Å².